The average Bonchev–Trinajstić information content (AvgIpc) is 2.72. The second-order valence-electron chi connectivity index (χ2n) is 7.10. The Morgan fingerprint density at radius 2 is 1.78 bits per heavy atom. The van der Waals surface area contributed by atoms with E-state index in [4.69, 9.17) is 4.74 Å². The first-order chi connectivity index (χ1) is 13.0. The van der Waals surface area contributed by atoms with Crippen LogP contribution >= 0.6 is 0 Å². The number of nitrogens with zero attached hydrogens (tertiary/aromatic N) is 1. The maximum absolute atomic E-state index is 12.8. The fourth-order valence-electron chi connectivity index (χ4n) is 3.68. The normalized spacial score (nSPS) is 16.0. The maximum atomic E-state index is 12.8. The lowest BCUT2D eigenvalue weighted by molar-refractivity contribution is -0.152. The molecule has 0 saturated carbocycles. The summed E-state index contributed by atoms with van der Waals surface area (Å²) in [6.45, 7) is 0.911. The minimum Gasteiger partial charge on any atom is -0.497 e. The summed E-state index contributed by atoms with van der Waals surface area (Å²) in [4.78, 5) is 26.5. The van der Waals surface area contributed by atoms with Gasteiger partial charge in [0.25, 0.3) is 5.91 Å². The SMILES string of the molecule is COc1cccc(C(=O)N2CCC(CCc3ccccc3)(C(=O)O)CC2)c1. The highest BCUT2D eigenvalue weighted by Gasteiger charge is 2.42. The van der Waals surface area contributed by atoms with Gasteiger partial charge in [-0.15, -0.1) is 0 Å². The summed E-state index contributed by atoms with van der Waals surface area (Å²) < 4.78 is 5.18. The fourth-order valence-corrected chi connectivity index (χ4v) is 3.68. The number of piperidine rings is 1. The lowest BCUT2D eigenvalue weighted by Gasteiger charge is -2.39. The Hall–Kier alpha value is -2.82. The van der Waals surface area contributed by atoms with E-state index in [2.05, 4.69) is 0 Å². The van der Waals surface area contributed by atoms with Gasteiger partial charge in [0.05, 0.1) is 12.5 Å². The number of ether oxygens (including phenoxy) is 1. The molecule has 5 nitrogen and oxygen atoms in total. The lowest BCUT2D eigenvalue weighted by atomic mass is 9.74. The van der Waals surface area contributed by atoms with E-state index in [0.717, 1.165) is 12.0 Å². The molecule has 0 aromatic heterocycles. The van der Waals surface area contributed by atoms with Crippen molar-refractivity contribution in [1.82, 2.24) is 4.90 Å². The molecule has 0 atom stereocenters. The van der Waals surface area contributed by atoms with E-state index < -0.39 is 11.4 Å². The number of carboxylic acids is 1. The van der Waals surface area contributed by atoms with Gasteiger partial charge in [0, 0.05) is 18.7 Å². The summed E-state index contributed by atoms with van der Waals surface area (Å²) >= 11 is 0. The van der Waals surface area contributed by atoms with Crippen LogP contribution in [0.4, 0.5) is 0 Å². The standard InChI is InChI=1S/C22H25NO4/c1-27-19-9-5-8-18(16-19)20(24)23-14-12-22(13-15-23,21(25)26)11-10-17-6-3-2-4-7-17/h2-9,16H,10-15H2,1H3,(H,25,26). The second kappa shape index (κ2) is 8.25. The van der Waals surface area contributed by atoms with Crippen molar-refractivity contribution in [3.63, 3.8) is 0 Å². The number of carbonyl (C=O) groups is 2. The molecule has 1 N–H and O–H groups in total. The van der Waals surface area contributed by atoms with Crippen LogP contribution in [0.5, 0.6) is 5.75 Å². The summed E-state index contributed by atoms with van der Waals surface area (Å²) in [6, 6.07) is 17.0. The summed E-state index contributed by atoms with van der Waals surface area (Å²) in [5.41, 5.74) is 0.954. The van der Waals surface area contributed by atoms with Crippen LogP contribution in [0.25, 0.3) is 0 Å². The van der Waals surface area contributed by atoms with Gasteiger partial charge in [-0.2, -0.15) is 0 Å². The third kappa shape index (κ3) is 4.30. The van der Waals surface area contributed by atoms with Gasteiger partial charge in [-0.05, 0) is 49.4 Å². The number of carbonyl (C=O) groups excluding carboxylic acids is 1. The number of likely N-dealkylation sites (tertiary alicyclic amines) is 1. The Kier molecular flexibility index (Phi) is 5.79. The number of benzene rings is 2. The predicted molar refractivity (Wildman–Crippen MR) is 103 cm³/mol. The van der Waals surface area contributed by atoms with E-state index in [1.54, 1.807) is 36.3 Å². The monoisotopic (exact) mass is 367 g/mol. The van der Waals surface area contributed by atoms with Gasteiger partial charge in [-0.1, -0.05) is 36.4 Å². The highest BCUT2D eigenvalue weighted by Crippen LogP contribution is 2.37. The number of methoxy groups -OCH3 is 1. The fraction of sp³-hybridized carbons (Fsp3) is 0.364. The van der Waals surface area contributed by atoms with Gasteiger partial charge in [0.15, 0.2) is 0 Å². The number of amides is 1. The second-order valence-corrected chi connectivity index (χ2v) is 7.10. The Labute approximate surface area is 159 Å². The van der Waals surface area contributed by atoms with E-state index in [9.17, 15) is 14.7 Å². The molecule has 1 saturated heterocycles. The molecule has 2 aromatic rings. The molecule has 3 rings (SSSR count). The van der Waals surface area contributed by atoms with Crippen LogP contribution in [0.1, 0.15) is 35.2 Å². The lowest BCUT2D eigenvalue weighted by Crippen LogP contribution is -2.46. The molecule has 1 aliphatic heterocycles. The number of carboxylic acid groups (broad SMARTS) is 1. The highest BCUT2D eigenvalue weighted by atomic mass is 16.5. The predicted octanol–water partition coefficient (Wildman–Crippen LogP) is 3.64. The zero-order chi connectivity index (χ0) is 19.3. The number of hydrogen-bond donors (Lipinski definition) is 1. The third-order valence-electron chi connectivity index (χ3n) is 5.51. The van der Waals surface area contributed by atoms with Crippen LogP contribution in [-0.4, -0.2) is 42.1 Å². The van der Waals surface area contributed by atoms with E-state index in [1.165, 1.54) is 0 Å². The molecule has 0 spiro atoms. The first-order valence-electron chi connectivity index (χ1n) is 9.25. The van der Waals surface area contributed by atoms with Crippen molar-refractivity contribution in [2.75, 3.05) is 20.2 Å². The van der Waals surface area contributed by atoms with Crippen molar-refractivity contribution in [3.05, 3.63) is 65.7 Å². The highest BCUT2D eigenvalue weighted by molar-refractivity contribution is 5.94. The molecule has 0 radical (unpaired) electrons. The first kappa shape index (κ1) is 19.0. The smallest absolute Gasteiger partial charge is 0.309 e. The van der Waals surface area contributed by atoms with Gasteiger partial charge < -0.3 is 14.7 Å². The maximum Gasteiger partial charge on any atom is 0.309 e. The van der Waals surface area contributed by atoms with Gasteiger partial charge in [0.2, 0.25) is 0 Å². The molecule has 5 heteroatoms. The Bertz CT molecular complexity index is 795. The number of aryl methyl sites for hydroxylation is 1. The number of aliphatic carboxylic acids is 1. The van der Waals surface area contributed by atoms with Crippen LogP contribution in [0, 0.1) is 5.41 Å². The van der Waals surface area contributed by atoms with Crippen LogP contribution in [0.3, 0.4) is 0 Å². The zero-order valence-electron chi connectivity index (χ0n) is 15.6. The number of rotatable bonds is 6. The summed E-state index contributed by atoms with van der Waals surface area (Å²) in [5, 5.41) is 9.86. The molecule has 2 aromatic carbocycles. The quantitative estimate of drug-likeness (QED) is 0.847. The minimum absolute atomic E-state index is 0.0732. The van der Waals surface area contributed by atoms with Crippen LogP contribution in [-0.2, 0) is 11.2 Å². The van der Waals surface area contributed by atoms with Crippen LogP contribution < -0.4 is 4.74 Å². The first-order valence-corrected chi connectivity index (χ1v) is 9.25. The van der Waals surface area contributed by atoms with Crippen molar-refractivity contribution in [2.45, 2.75) is 25.7 Å². The van der Waals surface area contributed by atoms with Crippen molar-refractivity contribution in [1.29, 1.82) is 0 Å². The zero-order valence-corrected chi connectivity index (χ0v) is 15.6. The topological polar surface area (TPSA) is 66.8 Å². The van der Waals surface area contributed by atoms with Crippen molar-refractivity contribution >= 4 is 11.9 Å². The van der Waals surface area contributed by atoms with Crippen LogP contribution in [0.15, 0.2) is 54.6 Å². The molecular formula is C22H25NO4. The number of hydrogen-bond acceptors (Lipinski definition) is 3. The van der Waals surface area contributed by atoms with Crippen LogP contribution in [0.2, 0.25) is 0 Å². The molecule has 1 heterocycles. The Balaban J connectivity index is 1.65. The minimum atomic E-state index is -0.763. The molecule has 0 aliphatic carbocycles. The summed E-state index contributed by atoms with van der Waals surface area (Å²) in [7, 11) is 1.57. The molecule has 142 valence electrons. The van der Waals surface area contributed by atoms with Gasteiger partial charge in [-0.25, -0.2) is 0 Å². The van der Waals surface area contributed by atoms with E-state index in [-0.39, 0.29) is 5.91 Å². The summed E-state index contributed by atoms with van der Waals surface area (Å²) in [6.07, 6.45) is 2.28. The molecule has 1 fully saturated rings. The van der Waals surface area contributed by atoms with Crippen molar-refractivity contribution in [2.24, 2.45) is 5.41 Å². The molecule has 1 amide bonds. The molecule has 0 bridgehead atoms. The largest absolute Gasteiger partial charge is 0.497 e. The molecule has 27 heavy (non-hydrogen) atoms. The Morgan fingerprint density at radius 1 is 1.07 bits per heavy atom. The van der Waals surface area contributed by atoms with E-state index in [1.807, 2.05) is 30.3 Å². The van der Waals surface area contributed by atoms with E-state index in [0.29, 0.717) is 43.7 Å². The Morgan fingerprint density at radius 3 is 2.41 bits per heavy atom. The summed E-state index contributed by atoms with van der Waals surface area (Å²) in [5.74, 6) is -0.191. The van der Waals surface area contributed by atoms with Gasteiger partial charge in [0.1, 0.15) is 5.75 Å². The van der Waals surface area contributed by atoms with Crippen molar-refractivity contribution < 1.29 is 19.4 Å². The molecule has 1 aliphatic rings. The van der Waals surface area contributed by atoms with E-state index >= 15 is 0 Å². The third-order valence-corrected chi connectivity index (χ3v) is 5.51. The molecule has 0 unspecified atom stereocenters. The van der Waals surface area contributed by atoms with Crippen molar-refractivity contribution in [3.8, 4) is 5.75 Å². The van der Waals surface area contributed by atoms with Gasteiger partial charge >= 0.3 is 5.97 Å². The van der Waals surface area contributed by atoms with Gasteiger partial charge in [-0.3, -0.25) is 9.59 Å². The average molecular weight is 367 g/mol. The molecular weight excluding hydrogens is 342 g/mol.